The molecule has 2 fully saturated rings. The van der Waals surface area contributed by atoms with Crippen LogP contribution in [-0.4, -0.2) is 61.7 Å². The molecule has 2 aliphatic carbocycles. The number of aliphatic carboxylic acids is 1. The third-order valence-electron chi connectivity index (χ3n) is 7.23. The molecule has 1 amide bonds. The van der Waals surface area contributed by atoms with Crippen molar-refractivity contribution in [1.29, 1.82) is 0 Å². The van der Waals surface area contributed by atoms with Crippen LogP contribution in [0.5, 0.6) is 5.75 Å². The highest BCUT2D eigenvalue weighted by molar-refractivity contribution is 5.70. The van der Waals surface area contributed by atoms with E-state index in [0.29, 0.717) is 48.3 Å². The van der Waals surface area contributed by atoms with Crippen LogP contribution in [0.15, 0.2) is 12.1 Å². The summed E-state index contributed by atoms with van der Waals surface area (Å²) in [5.41, 5.74) is 2.78. The Morgan fingerprint density at radius 3 is 2.72 bits per heavy atom. The Balaban J connectivity index is 1.49. The maximum atomic E-state index is 12.5. The highest BCUT2D eigenvalue weighted by atomic mass is 16.6. The number of carboxylic acids is 1. The Bertz CT molecular complexity index is 1080. The number of hydrogen-bond donors (Lipinski definition) is 1. The van der Waals surface area contributed by atoms with E-state index in [1.807, 2.05) is 12.1 Å². The lowest BCUT2D eigenvalue weighted by Gasteiger charge is -2.28. The van der Waals surface area contributed by atoms with E-state index in [9.17, 15) is 14.7 Å². The van der Waals surface area contributed by atoms with Crippen molar-refractivity contribution in [2.24, 2.45) is 18.9 Å². The number of hydrogen-bond acceptors (Lipinski definition) is 7. The van der Waals surface area contributed by atoms with E-state index >= 15 is 0 Å². The number of aryl methyl sites for hydroxylation is 1. The van der Waals surface area contributed by atoms with Crippen molar-refractivity contribution in [3.05, 3.63) is 23.5 Å². The van der Waals surface area contributed by atoms with Crippen LogP contribution in [0.2, 0.25) is 0 Å². The minimum atomic E-state index is -0.749. The lowest BCUT2D eigenvalue weighted by atomic mass is 9.87. The molecule has 2 aromatic rings. The van der Waals surface area contributed by atoms with E-state index in [-0.39, 0.29) is 24.7 Å². The van der Waals surface area contributed by atoms with Gasteiger partial charge < -0.3 is 19.5 Å². The number of carbonyl (C=O) groups excluding carboxylic acids is 1. The van der Waals surface area contributed by atoms with Gasteiger partial charge in [0.1, 0.15) is 23.7 Å². The fourth-order valence-electron chi connectivity index (χ4n) is 4.65. The van der Waals surface area contributed by atoms with Crippen molar-refractivity contribution in [2.45, 2.75) is 77.4 Å². The van der Waals surface area contributed by atoms with E-state index in [2.05, 4.69) is 24.2 Å². The molecule has 2 aromatic heterocycles. The Morgan fingerprint density at radius 1 is 1.25 bits per heavy atom. The molecule has 2 heterocycles. The molecule has 10 heteroatoms. The Labute approximate surface area is 212 Å². The molecule has 0 aliphatic heterocycles. The molecule has 0 bridgehead atoms. The molecule has 4 rings (SSSR count). The zero-order valence-electron chi connectivity index (χ0n) is 21.6. The molecule has 0 radical (unpaired) electrons. The van der Waals surface area contributed by atoms with E-state index in [1.54, 1.807) is 23.7 Å². The summed E-state index contributed by atoms with van der Waals surface area (Å²) in [7, 11) is 3.51. The average molecular weight is 500 g/mol. The Kier molecular flexibility index (Phi) is 8.11. The predicted octanol–water partition coefficient (Wildman–Crippen LogP) is 4.39. The van der Waals surface area contributed by atoms with Gasteiger partial charge in [0.2, 0.25) is 0 Å². The molecule has 0 saturated heterocycles. The van der Waals surface area contributed by atoms with E-state index < -0.39 is 5.97 Å². The first-order valence-electron chi connectivity index (χ1n) is 12.9. The first kappa shape index (κ1) is 25.9. The normalized spacial score (nSPS) is 20.6. The second kappa shape index (κ2) is 11.3. The fourth-order valence-corrected chi connectivity index (χ4v) is 4.65. The number of ether oxygens (including phenoxy) is 2. The minimum Gasteiger partial charge on any atom is -0.488 e. The summed E-state index contributed by atoms with van der Waals surface area (Å²) in [6.45, 7) is 4.87. The van der Waals surface area contributed by atoms with Crippen LogP contribution in [0.4, 0.5) is 4.79 Å². The van der Waals surface area contributed by atoms with Crippen LogP contribution in [0.1, 0.15) is 76.1 Å². The van der Waals surface area contributed by atoms with Gasteiger partial charge >= 0.3 is 12.1 Å². The summed E-state index contributed by atoms with van der Waals surface area (Å²) in [6.07, 6.45) is 5.49. The molecule has 2 saturated carbocycles. The third kappa shape index (κ3) is 6.14. The summed E-state index contributed by atoms with van der Waals surface area (Å²) < 4.78 is 13.5. The van der Waals surface area contributed by atoms with Gasteiger partial charge in [0.15, 0.2) is 0 Å². The standard InChI is InChI=1S/C26H37N5O5/c1-5-16(2)14-30(3)26(34)35-15-21-24(28-29-31(21)4)20-11-12-22(23(27-20)17-9-10-17)36-19-8-6-7-18(13-19)25(32)33/h11-12,16-19H,5-10,13-15H2,1-4H3,(H,32,33)/t16?,18-,19-/m0/s1. The van der Waals surface area contributed by atoms with Crippen LogP contribution >= 0.6 is 0 Å². The molecular weight excluding hydrogens is 462 g/mol. The van der Waals surface area contributed by atoms with Gasteiger partial charge in [0, 0.05) is 26.6 Å². The van der Waals surface area contributed by atoms with E-state index in [4.69, 9.17) is 14.5 Å². The number of carbonyl (C=O) groups is 2. The van der Waals surface area contributed by atoms with Crippen molar-refractivity contribution >= 4 is 12.1 Å². The molecule has 10 nitrogen and oxygen atoms in total. The largest absolute Gasteiger partial charge is 0.488 e. The Hall–Kier alpha value is -3.17. The fraction of sp³-hybridized carbons (Fsp3) is 0.654. The second-order valence-electron chi connectivity index (χ2n) is 10.3. The smallest absolute Gasteiger partial charge is 0.409 e. The van der Waals surface area contributed by atoms with Crippen LogP contribution in [0.25, 0.3) is 11.4 Å². The molecular formula is C26H37N5O5. The topological polar surface area (TPSA) is 120 Å². The van der Waals surface area contributed by atoms with Crippen molar-refractivity contribution in [3.63, 3.8) is 0 Å². The highest BCUT2D eigenvalue weighted by Crippen LogP contribution is 2.44. The maximum Gasteiger partial charge on any atom is 0.409 e. The van der Waals surface area contributed by atoms with Gasteiger partial charge in [-0.2, -0.15) is 0 Å². The number of aromatic nitrogens is 4. The number of rotatable bonds is 10. The van der Waals surface area contributed by atoms with Gasteiger partial charge in [0.25, 0.3) is 0 Å². The molecule has 196 valence electrons. The van der Waals surface area contributed by atoms with Gasteiger partial charge in [-0.1, -0.05) is 25.5 Å². The van der Waals surface area contributed by atoms with Gasteiger partial charge in [-0.3, -0.25) is 4.79 Å². The van der Waals surface area contributed by atoms with E-state index in [0.717, 1.165) is 43.5 Å². The zero-order chi connectivity index (χ0) is 25.8. The van der Waals surface area contributed by atoms with Crippen molar-refractivity contribution < 1.29 is 24.2 Å². The third-order valence-corrected chi connectivity index (χ3v) is 7.23. The van der Waals surface area contributed by atoms with Gasteiger partial charge in [-0.25, -0.2) is 14.5 Å². The second-order valence-corrected chi connectivity index (χ2v) is 10.3. The van der Waals surface area contributed by atoms with Crippen LogP contribution in [0, 0.1) is 11.8 Å². The van der Waals surface area contributed by atoms with Crippen molar-refractivity contribution in [3.8, 4) is 17.1 Å². The molecule has 36 heavy (non-hydrogen) atoms. The summed E-state index contributed by atoms with van der Waals surface area (Å²) in [5, 5.41) is 17.9. The molecule has 1 N–H and O–H groups in total. The van der Waals surface area contributed by atoms with Gasteiger partial charge in [-0.15, -0.1) is 5.10 Å². The average Bonchev–Trinajstić information content (AvgIpc) is 3.65. The predicted molar refractivity (Wildman–Crippen MR) is 132 cm³/mol. The maximum absolute atomic E-state index is 12.5. The molecule has 2 aliphatic rings. The highest BCUT2D eigenvalue weighted by Gasteiger charge is 2.33. The molecule has 1 unspecified atom stereocenters. The quantitative estimate of drug-likeness (QED) is 0.511. The summed E-state index contributed by atoms with van der Waals surface area (Å²) in [6, 6.07) is 3.76. The van der Waals surface area contributed by atoms with Crippen molar-refractivity contribution in [1.82, 2.24) is 24.9 Å². The molecule has 3 atom stereocenters. The first-order valence-corrected chi connectivity index (χ1v) is 12.9. The van der Waals surface area contributed by atoms with Crippen LogP contribution in [-0.2, 0) is 23.2 Å². The molecule has 0 aromatic carbocycles. The number of amides is 1. The summed E-state index contributed by atoms with van der Waals surface area (Å²) in [4.78, 5) is 30.4. The Morgan fingerprint density at radius 2 is 2.03 bits per heavy atom. The number of nitrogens with zero attached hydrogens (tertiary/aromatic N) is 5. The lowest BCUT2D eigenvalue weighted by molar-refractivity contribution is -0.143. The number of carboxylic acid groups (broad SMARTS) is 1. The number of pyridine rings is 1. The lowest BCUT2D eigenvalue weighted by Crippen LogP contribution is -2.31. The van der Waals surface area contributed by atoms with Crippen LogP contribution in [0.3, 0.4) is 0 Å². The first-order chi connectivity index (χ1) is 17.3. The minimum absolute atomic E-state index is 0.0415. The van der Waals surface area contributed by atoms with Gasteiger partial charge in [0.05, 0.1) is 23.4 Å². The summed E-state index contributed by atoms with van der Waals surface area (Å²) >= 11 is 0. The van der Waals surface area contributed by atoms with Crippen LogP contribution < -0.4 is 4.74 Å². The van der Waals surface area contributed by atoms with E-state index in [1.165, 1.54) is 0 Å². The SMILES string of the molecule is CCC(C)CN(C)C(=O)OCc1c(-c2ccc(O[C@H]3CCC[C@H](C(=O)O)C3)c(C3CC3)n2)nnn1C. The molecule has 0 spiro atoms. The van der Waals surface area contributed by atoms with Gasteiger partial charge in [-0.05, 0) is 56.6 Å². The zero-order valence-corrected chi connectivity index (χ0v) is 21.6. The monoisotopic (exact) mass is 499 g/mol. The summed E-state index contributed by atoms with van der Waals surface area (Å²) in [5.74, 6) is 0.341. The van der Waals surface area contributed by atoms with Crippen molar-refractivity contribution in [2.75, 3.05) is 13.6 Å².